The Morgan fingerprint density at radius 2 is 2.09 bits per heavy atom. The van der Waals surface area contributed by atoms with E-state index >= 15 is 0 Å². The number of fused-ring (bicyclic) bond motifs is 1. The van der Waals surface area contributed by atoms with E-state index in [1.165, 1.54) is 5.56 Å². The fraction of sp³-hybridized carbons (Fsp3) is 0.312. The van der Waals surface area contributed by atoms with Gasteiger partial charge in [-0.1, -0.05) is 12.1 Å². The van der Waals surface area contributed by atoms with Crippen LogP contribution in [0.3, 0.4) is 0 Å². The molecule has 6 nitrogen and oxygen atoms in total. The van der Waals surface area contributed by atoms with Crippen LogP contribution in [0.4, 0.5) is 11.8 Å². The lowest BCUT2D eigenvalue weighted by molar-refractivity contribution is 0.810. The molecule has 22 heavy (non-hydrogen) atoms. The fourth-order valence-corrected chi connectivity index (χ4v) is 2.39. The second-order valence-electron chi connectivity index (χ2n) is 5.32. The molecule has 2 aromatic heterocycles. The number of imidazole rings is 1. The van der Waals surface area contributed by atoms with E-state index in [2.05, 4.69) is 44.3 Å². The van der Waals surface area contributed by atoms with Crippen LogP contribution < -0.4 is 10.2 Å². The number of nitrogens with one attached hydrogen (secondary N) is 2. The number of hydrogen-bond acceptors (Lipinski definition) is 5. The first-order valence-corrected chi connectivity index (χ1v) is 7.33. The molecule has 3 rings (SSSR count). The summed E-state index contributed by atoms with van der Waals surface area (Å²) in [6.45, 7) is 2.88. The molecule has 0 saturated carbocycles. The Balaban J connectivity index is 1.71. The number of likely N-dealkylation sites (N-methyl/N-ethyl adjacent to an activating group) is 1. The van der Waals surface area contributed by atoms with Crippen molar-refractivity contribution in [1.82, 2.24) is 19.9 Å². The molecule has 0 atom stereocenters. The molecular formula is C16H20N6. The van der Waals surface area contributed by atoms with Crippen LogP contribution in [0.2, 0.25) is 0 Å². The zero-order chi connectivity index (χ0) is 15.5. The molecule has 2 heterocycles. The minimum atomic E-state index is 0.708. The van der Waals surface area contributed by atoms with Gasteiger partial charge in [-0.05, 0) is 24.6 Å². The van der Waals surface area contributed by atoms with Crippen LogP contribution in [0.15, 0.2) is 30.5 Å². The maximum Gasteiger partial charge on any atom is 0.227 e. The summed E-state index contributed by atoms with van der Waals surface area (Å²) in [4.78, 5) is 18.8. The van der Waals surface area contributed by atoms with Crippen LogP contribution in [0.1, 0.15) is 11.4 Å². The summed E-state index contributed by atoms with van der Waals surface area (Å²) < 4.78 is 0. The highest BCUT2D eigenvalue weighted by Crippen LogP contribution is 2.16. The molecular weight excluding hydrogens is 276 g/mol. The molecule has 0 aliphatic heterocycles. The average Bonchev–Trinajstić information content (AvgIpc) is 2.97. The number of rotatable bonds is 5. The molecule has 2 N–H and O–H groups in total. The molecule has 0 radical (unpaired) electrons. The molecule has 0 fully saturated rings. The topological polar surface area (TPSA) is 69.7 Å². The predicted molar refractivity (Wildman–Crippen MR) is 89.4 cm³/mol. The summed E-state index contributed by atoms with van der Waals surface area (Å²) in [5, 5.41) is 3.02. The highest BCUT2D eigenvalue weighted by Gasteiger charge is 2.08. The average molecular weight is 296 g/mol. The molecule has 1 aromatic carbocycles. The molecule has 0 amide bonds. The van der Waals surface area contributed by atoms with Gasteiger partial charge in [0.2, 0.25) is 5.95 Å². The number of para-hydroxylation sites is 1. The minimum absolute atomic E-state index is 0.708. The third-order valence-corrected chi connectivity index (χ3v) is 3.69. The second-order valence-corrected chi connectivity index (χ2v) is 5.32. The smallest absolute Gasteiger partial charge is 0.227 e. The van der Waals surface area contributed by atoms with Crippen LogP contribution in [-0.4, -0.2) is 40.6 Å². The Morgan fingerprint density at radius 3 is 2.86 bits per heavy atom. The van der Waals surface area contributed by atoms with E-state index in [9.17, 15) is 0 Å². The Hall–Kier alpha value is -2.63. The minimum Gasteiger partial charge on any atom is -0.373 e. The molecule has 114 valence electrons. The largest absolute Gasteiger partial charge is 0.373 e. The van der Waals surface area contributed by atoms with Crippen LogP contribution in [-0.2, 0) is 6.42 Å². The molecule has 0 aliphatic carbocycles. The van der Waals surface area contributed by atoms with E-state index in [-0.39, 0.29) is 0 Å². The van der Waals surface area contributed by atoms with Gasteiger partial charge < -0.3 is 15.2 Å². The first kappa shape index (κ1) is 14.3. The van der Waals surface area contributed by atoms with Gasteiger partial charge in [-0.25, -0.2) is 9.97 Å². The molecule has 6 heteroatoms. The summed E-state index contributed by atoms with van der Waals surface area (Å²) in [5.41, 5.74) is 3.33. The van der Waals surface area contributed by atoms with Crippen molar-refractivity contribution in [2.45, 2.75) is 13.3 Å². The third-order valence-electron chi connectivity index (χ3n) is 3.69. The summed E-state index contributed by atoms with van der Waals surface area (Å²) in [6.07, 6.45) is 2.58. The van der Waals surface area contributed by atoms with Crippen molar-refractivity contribution >= 4 is 22.8 Å². The lowest BCUT2D eigenvalue weighted by atomic mass is 10.2. The van der Waals surface area contributed by atoms with Gasteiger partial charge in [0.1, 0.15) is 11.6 Å². The van der Waals surface area contributed by atoms with Crippen molar-refractivity contribution in [3.63, 3.8) is 0 Å². The lowest BCUT2D eigenvalue weighted by Gasteiger charge is -2.16. The zero-order valence-corrected chi connectivity index (χ0v) is 13.1. The van der Waals surface area contributed by atoms with Crippen molar-refractivity contribution in [2.75, 3.05) is 30.9 Å². The van der Waals surface area contributed by atoms with E-state index in [0.29, 0.717) is 5.95 Å². The van der Waals surface area contributed by atoms with E-state index < -0.39 is 0 Å². The maximum absolute atomic E-state index is 4.68. The number of hydrogen-bond donors (Lipinski definition) is 2. The predicted octanol–water partition coefficient (Wildman–Crippen LogP) is 2.38. The lowest BCUT2D eigenvalue weighted by Crippen LogP contribution is -2.23. The van der Waals surface area contributed by atoms with Gasteiger partial charge in [0.05, 0.1) is 11.0 Å². The standard InChI is InChI=1S/C16H20N6/c1-11-5-4-6-12-15(11)20-14(19-12)8-10-22(3)16-18-9-7-13(17-2)21-16/h4-7,9H,8,10H2,1-3H3,(H,19,20)(H,17,18,21). The molecule has 0 saturated heterocycles. The van der Waals surface area contributed by atoms with Gasteiger partial charge >= 0.3 is 0 Å². The molecule has 0 spiro atoms. The maximum atomic E-state index is 4.68. The first-order valence-electron chi connectivity index (χ1n) is 7.33. The van der Waals surface area contributed by atoms with Gasteiger partial charge in [0.15, 0.2) is 0 Å². The monoisotopic (exact) mass is 296 g/mol. The van der Waals surface area contributed by atoms with E-state index in [1.807, 2.05) is 31.1 Å². The van der Waals surface area contributed by atoms with Crippen molar-refractivity contribution in [3.05, 3.63) is 41.9 Å². The zero-order valence-electron chi connectivity index (χ0n) is 13.1. The SMILES string of the molecule is CNc1ccnc(N(C)CCc2nc3c(C)cccc3[nH]2)n1. The number of benzene rings is 1. The van der Waals surface area contributed by atoms with Crippen molar-refractivity contribution in [1.29, 1.82) is 0 Å². The number of anilines is 2. The number of nitrogens with zero attached hydrogens (tertiary/aromatic N) is 4. The Labute approximate surface area is 129 Å². The van der Waals surface area contributed by atoms with E-state index in [4.69, 9.17) is 0 Å². The van der Waals surface area contributed by atoms with Crippen LogP contribution >= 0.6 is 0 Å². The highest BCUT2D eigenvalue weighted by atomic mass is 15.2. The molecule has 0 unspecified atom stereocenters. The third kappa shape index (κ3) is 2.86. The Kier molecular flexibility index (Phi) is 3.91. The molecule has 3 aromatic rings. The highest BCUT2D eigenvalue weighted by molar-refractivity contribution is 5.78. The normalized spacial score (nSPS) is 10.9. The van der Waals surface area contributed by atoms with Gasteiger partial charge in [0.25, 0.3) is 0 Å². The van der Waals surface area contributed by atoms with Crippen molar-refractivity contribution < 1.29 is 0 Å². The van der Waals surface area contributed by atoms with Gasteiger partial charge in [-0.2, -0.15) is 4.98 Å². The second kappa shape index (κ2) is 6.01. The fourth-order valence-electron chi connectivity index (χ4n) is 2.39. The van der Waals surface area contributed by atoms with Crippen LogP contribution in [0.5, 0.6) is 0 Å². The first-order chi connectivity index (χ1) is 10.7. The van der Waals surface area contributed by atoms with Crippen LogP contribution in [0.25, 0.3) is 11.0 Å². The number of H-pyrrole nitrogens is 1. The van der Waals surface area contributed by atoms with Gasteiger partial charge in [-0.3, -0.25) is 0 Å². The Morgan fingerprint density at radius 1 is 1.23 bits per heavy atom. The van der Waals surface area contributed by atoms with Gasteiger partial charge in [-0.15, -0.1) is 0 Å². The summed E-state index contributed by atoms with van der Waals surface area (Å²) in [5.74, 6) is 2.51. The number of aromatic nitrogens is 4. The quantitative estimate of drug-likeness (QED) is 0.756. The van der Waals surface area contributed by atoms with Gasteiger partial charge in [0, 0.05) is 33.3 Å². The summed E-state index contributed by atoms with van der Waals surface area (Å²) in [7, 11) is 3.84. The Bertz CT molecular complexity index is 779. The number of aryl methyl sites for hydroxylation is 1. The summed E-state index contributed by atoms with van der Waals surface area (Å²) >= 11 is 0. The van der Waals surface area contributed by atoms with E-state index in [0.717, 1.165) is 35.6 Å². The molecule has 0 bridgehead atoms. The van der Waals surface area contributed by atoms with Crippen molar-refractivity contribution in [2.24, 2.45) is 0 Å². The molecule has 0 aliphatic rings. The van der Waals surface area contributed by atoms with Crippen molar-refractivity contribution in [3.8, 4) is 0 Å². The van der Waals surface area contributed by atoms with Crippen LogP contribution in [0, 0.1) is 6.92 Å². The summed E-state index contributed by atoms with van der Waals surface area (Å²) in [6, 6.07) is 8.03. The van der Waals surface area contributed by atoms with E-state index in [1.54, 1.807) is 6.20 Å². The number of aromatic amines is 1.